The van der Waals surface area contributed by atoms with Crippen molar-refractivity contribution in [2.75, 3.05) is 13.2 Å². The number of hydrogen-bond acceptors (Lipinski definition) is 4. The largest absolute Gasteiger partial charge is 0.508 e. The Kier molecular flexibility index (Phi) is 8.12. The van der Waals surface area contributed by atoms with Gasteiger partial charge in [0.15, 0.2) is 0 Å². The first-order valence-electron chi connectivity index (χ1n) is 11.1. The lowest BCUT2D eigenvalue weighted by atomic mass is 10.1. The molecular formula is C29H28O4. The van der Waals surface area contributed by atoms with Crippen LogP contribution in [0.15, 0.2) is 109 Å². The molecule has 0 aromatic heterocycles. The van der Waals surface area contributed by atoms with Gasteiger partial charge in [-0.15, -0.1) is 0 Å². The Morgan fingerprint density at radius 1 is 0.545 bits per heavy atom. The normalized spacial score (nSPS) is 10.9. The lowest BCUT2D eigenvalue weighted by Gasteiger charge is -2.20. The molecule has 0 atom stereocenters. The molecule has 0 spiro atoms. The monoisotopic (exact) mass is 440 g/mol. The van der Waals surface area contributed by atoms with Crippen molar-refractivity contribution in [1.29, 1.82) is 0 Å². The van der Waals surface area contributed by atoms with Gasteiger partial charge in [-0.25, -0.2) is 0 Å². The Morgan fingerprint density at radius 3 is 1.48 bits per heavy atom. The molecule has 4 aromatic rings. The van der Waals surface area contributed by atoms with Crippen molar-refractivity contribution >= 4 is 0 Å². The second kappa shape index (κ2) is 11.9. The molecule has 4 heteroatoms. The minimum Gasteiger partial charge on any atom is -0.508 e. The summed E-state index contributed by atoms with van der Waals surface area (Å²) in [7, 11) is 0. The van der Waals surface area contributed by atoms with Crippen molar-refractivity contribution in [1.82, 2.24) is 0 Å². The second-order valence-corrected chi connectivity index (χ2v) is 7.81. The van der Waals surface area contributed by atoms with E-state index < -0.39 is 0 Å². The summed E-state index contributed by atoms with van der Waals surface area (Å²) in [6.45, 7) is 1.89. The summed E-state index contributed by atoms with van der Waals surface area (Å²) < 4.78 is 18.1. The molecule has 0 amide bonds. The number of hydrogen-bond donors (Lipinski definition) is 1. The molecule has 0 radical (unpaired) electrons. The molecule has 4 rings (SSSR count). The van der Waals surface area contributed by atoms with Crippen molar-refractivity contribution in [2.24, 2.45) is 0 Å². The third-order valence-electron chi connectivity index (χ3n) is 5.19. The average Bonchev–Trinajstić information content (AvgIpc) is 2.86. The zero-order chi connectivity index (χ0) is 22.7. The SMILES string of the molecule is Oc1ccc(-c2ccc(OC(COCc3ccccc3)COCc3ccccc3)cc2)cc1. The fourth-order valence-electron chi connectivity index (χ4n) is 3.45. The van der Waals surface area contributed by atoms with Gasteiger partial charge in [-0.1, -0.05) is 84.9 Å². The standard InChI is InChI=1S/C29H28O4/c30-27-15-11-25(12-16-27)26-13-17-28(18-14-26)33-29(21-31-19-23-7-3-1-4-8-23)22-32-20-24-9-5-2-6-10-24/h1-18,29-30H,19-22H2. The van der Waals surface area contributed by atoms with Crippen molar-refractivity contribution in [3.63, 3.8) is 0 Å². The van der Waals surface area contributed by atoms with Crippen LogP contribution in [0.5, 0.6) is 11.5 Å². The molecule has 0 aliphatic heterocycles. The van der Waals surface area contributed by atoms with Gasteiger partial charge >= 0.3 is 0 Å². The molecule has 4 nitrogen and oxygen atoms in total. The second-order valence-electron chi connectivity index (χ2n) is 7.81. The van der Waals surface area contributed by atoms with Gasteiger partial charge in [0.2, 0.25) is 0 Å². The van der Waals surface area contributed by atoms with Crippen molar-refractivity contribution < 1.29 is 19.3 Å². The summed E-state index contributed by atoms with van der Waals surface area (Å²) in [6.07, 6.45) is -0.239. The molecule has 33 heavy (non-hydrogen) atoms. The number of phenols is 1. The number of ether oxygens (including phenoxy) is 3. The summed E-state index contributed by atoms with van der Waals surface area (Å²) in [5.41, 5.74) is 4.34. The minimum absolute atomic E-state index is 0.239. The summed E-state index contributed by atoms with van der Waals surface area (Å²) in [5.74, 6) is 1.02. The van der Waals surface area contributed by atoms with Crippen LogP contribution in [0, 0.1) is 0 Å². The van der Waals surface area contributed by atoms with Gasteiger partial charge in [0.25, 0.3) is 0 Å². The highest BCUT2D eigenvalue weighted by Gasteiger charge is 2.13. The fraction of sp³-hybridized carbons (Fsp3) is 0.172. The first kappa shape index (κ1) is 22.6. The molecule has 1 N–H and O–H groups in total. The third kappa shape index (κ3) is 7.21. The van der Waals surface area contributed by atoms with Crippen LogP contribution in [0.4, 0.5) is 0 Å². The molecule has 0 saturated carbocycles. The van der Waals surface area contributed by atoms with Crippen LogP contribution in [0.3, 0.4) is 0 Å². The van der Waals surface area contributed by atoms with E-state index >= 15 is 0 Å². The van der Waals surface area contributed by atoms with E-state index in [1.165, 1.54) is 0 Å². The van der Waals surface area contributed by atoms with Crippen LogP contribution < -0.4 is 4.74 Å². The van der Waals surface area contributed by atoms with E-state index in [-0.39, 0.29) is 11.9 Å². The van der Waals surface area contributed by atoms with Crippen LogP contribution in [0.2, 0.25) is 0 Å². The van der Waals surface area contributed by atoms with Crippen molar-refractivity contribution in [3.05, 3.63) is 120 Å². The summed E-state index contributed by atoms with van der Waals surface area (Å²) >= 11 is 0. The smallest absolute Gasteiger partial charge is 0.145 e. The quantitative estimate of drug-likeness (QED) is 0.300. The van der Waals surface area contributed by atoms with Gasteiger partial charge in [0.1, 0.15) is 17.6 Å². The van der Waals surface area contributed by atoms with E-state index in [0.717, 1.165) is 28.0 Å². The zero-order valence-corrected chi connectivity index (χ0v) is 18.5. The van der Waals surface area contributed by atoms with Crippen LogP contribution in [0.25, 0.3) is 11.1 Å². The first-order chi connectivity index (χ1) is 16.3. The van der Waals surface area contributed by atoms with Crippen LogP contribution in [0.1, 0.15) is 11.1 Å². The first-order valence-corrected chi connectivity index (χ1v) is 11.1. The number of aromatic hydroxyl groups is 1. The highest BCUT2D eigenvalue weighted by atomic mass is 16.6. The van der Waals surface area contributed by atoms with E-state index in [0.29, 0.717) is 26.4 Å². The Morgan fingerprint density at radius 2 is 1.00 bits per heavy atom. The summed E-state index contributed by atoms with van der Waals surface area (Å²) in [5, 5.41) is 9.49. The van der Waals surface area contributed by atoms with Crippen molar-refractivity contribution in [3.8, 4) is 22.6 Å². The summed E-state index contributed by atoms with van der Waals surface area (Å²) in [6, 6.07) is 35.3. The van der Waals surface area contributed by atoms with Gasteiger partial charge in [0, 0.05) is 0 Å². The molecule has 0 fully saturated rings. The van der Waals surface area contributed by atoms with Crippen LogP contribution in [-0.4, -0.2) is 24.4 Å². The molecule has 168 valence electrons. The Balaban J connectivity index is 1.36. The Hall–Kier alpha value is -3.60. The number of phenolic OH excluding ortho intramolecular Hbond substituents is 1. The predicted molar refractivity (Wildman–Crippen MR) is 130 cm³/mol. The van der Waals surface area contributed by atoms with Crippen LogP contribution >= 0.6 is 0 Å². The van der Waals surface area contributed by atoms with Gasteiger partial charge in [-0.05, 0) is 46.5 Å². The molecule has 4 aromatic carbocycles. The van der Waals surface area contributed by atoms with E-state index in [1.807, 2.05) is 97.1 Å². The maximum Gasteiger partial charge on any atom is 0.145 e. The third-order valence-corrected chi connectivity index (χ3v) is 5.19. The molecule has 0 unspecified atom stereocenters. The number of rotatable bonds is 11. The van der Waals surface area contributed by atoms with Gasteiger partial charge in [-0.2, -0.15) is 0 Å². The van der Waals surface area contributed by atoms with E-state index in [1.54, 1.807) is 12.1 Å². The fourth-order valence-corrected chi connectivity index (χ4v) is 3.45. The Labute approximate surface area is 195 Å². The minimum atomic E-state index is -0.239. The van der Waals surface area contributed by atoms with E-state index in [9.17, 15) is 5.11 Å². The average molecular weight is 441 g/mol. The highest BCUT2D eigenvalue weighted by Crippen LogP contribution is 2.24. The molecule has 0 saturated heterocycles. The lowest BCUT2D eigenvalue weighted by molar-refractivity contribution is -0.0157. The molecular weight excluding hydrogens is 412 g/mol. The maximum absolute atomic E-state index is 9.49. The number of benzene rings is 4. The summed E-state index contributed by atoms with van der Waals surface area (Å²) in [4.78, 5) is 0. The maximum atomic E-state index is 9.49. The topological polar surface area (TPSA) is 47.9 Å². The molecule has 0 bridgehead atoms. The van der Waals surface area contributed by atoms with Gasteiger partial charge in [0.05, 0.1) is 26.4 Å². The van der Waals surface area contributed by atoms with E-state index in [4.69, 9.17) is 14.2 Å². The lowest BCUT2D eigenvalue weighted by Crippen LogP contribution is -2.28. The predicted octanol–water partition coefficient (Wildman–Crippen LogP) is 6.24. The molecule has 0 heterocycles. The van der Waals surface area contributed by atoms with Gasteiger partial charge in [-0.3, -0.25) is 0 Å². The van der Waals surface area contributed by atoms with Crippen molar-refractivity contribution in [2.45, 2.75) is 19.3 Å². The Bertz CT molecular complexity index is 1030. The highest BCUT2D eigenvalue weighted by molar-refractivity contribution is 5.64. The van der Waals surface area contributed by atoms with Gasteiger partial charge < -0.3 is 19.3 Å². The molecule has 0 aliphatic rings. The van der Waals surface area contributed by atoms with Crippen LogP contribution in [-0.2, 0) is 22.7 Å². The molecule has 0 aliphatic carbocycles. The van der Waals surface area contributed by atoms with E-state index in [2.05, 4.69) is 0 Å². The zero-order valence-electron chi connectivity index (χ0n) is 18.5.